The molecule has 3 rings (SSSR count). The van der Waals surface area contributed by atoms with Crippen molar-refractivity contribution in [2.24, 2.45) is 5.92 Å². The van der Waals surface area contributed by atoms with Gasteiger partial charge in [-0.15, -0.1) is 0 Å². The molecular formula is C20H29N3O2. The van der Waals surface area contributed by atoms with Crippen LogP contribution >= 0.6 is 0 Å². The molecule has 2 heterocycles. The van der Waals surface area contributed by atoms with E-state index in [1.165, 1.54) is 19.3 Å². The van der Waals surface area contributed by atoms with Crippen molar-refractivity contribution in [2.75, 3.05) is 31.5 Å². The van der Waals surface area contributed by atoms with Crippen LogP contribution in [0, 0.1) is 5.92 Å². The van der Waals surface area contributed by atoms with E-state index in [2.05, 4.69) is 17.1 Å². The molecule has 2 amide bonds. The molecule has 0 radical (unpaired) electrons. The molecule has 5 heteroatoms. The van der Waals surface area contributed by atoms with Gasteiger partial charge in [-0.3, -0.25) is 14.5 Å². The van der Waals surface area contributed by atoms with Gasteiger partial charge in [0.1, 0.15) is 0 Å². The summed E-state index contributed by atoms with van der Waals surface area (Å²) < 4.78 is 0. The van der Waals surface area contributed by atoms with E-state index in [4.69, 9.17) is 0 Å². The minimum absolute atomic E-state index is 0.00170. The third kappa shape index (κ3) is 4.82. The summed E-state index contributed by atoms with van der Waals surface area (Å²) in [6.45, 7) is 5.15. The second-order valence-corrected chi connectivity index (χ2v) is 7.33. The second kappa shape index (κ2) is 8.48. The quantitative estimate of drug-likeness (QED) is 0.914. The van der Waals surface area contributed by atoms with Crippen molar-refractivity contribution >= 4 is 17.5 Å². The maximum absolute atomic E-state index is 12.6. The molecular weight excluding hydrogens is 314 g/mol. The molecule has 0 spiro atoms. The van der Waals surface area contributed by atoms with Gasteiger partial charge in [-0.05, 0) is 51.3 Å². The van der Waals surface area contributed by atoms with Gasteiger partial charge in [-0.2, -0.15) is 0 Å². The van der Waals surface area contributed by atoms with Gasteiger partial charge in [0.25, 0.3) is 0 Å². The second-order valence-electron chi connectivity index (χ2n) is 7.33. The fraction of sp³-hybridized carbons (Fsp3) is 0.600. The Balaban J connectivity index is 1.44. The highest BCUT2D eigenvalue weighted by Crippen LogP contribution is 2.21. The third-order valence-corrected chi connectivity index (χ3v) is 5.54. The standard InChI is InChI=1S/C20H29N3O2/c1-16-7-5-6-12-23(16)15-19(24)22-13-10-17(11-14-22)20(25)21-18-8-3-2-4-9-18/h2-4,8-9,16-17H,5-7,10-15H2,1H3,(H,21,25)/t16-/m1/s1. The molecule has 0 aliphatic carbocycles. The zero-order valence-electron chi connectivity index (χ0n) is 15.1. The predicted molar refractivity (Wildman–Crippen MR) is 99.3 cm³/mol. The topological polar surface area (TPSA) is 52.7 Å². The van der Waals surface area contributed by atoms with Gasteiger partial charge in [0.15, 0.2) is 0 Å². The van der Waals surface area contributed by atoms with Crippen LogP contribution in [0.1, 0.15) is 39.0 Å². The van der Waals surface area contributed by atoms with Crippen LogP contribution in [-0.2, 0) is 9.59 Å². The third-order valence-electron chi connectivity index (χ3n) is 5.54. The molecule has 2 saturated heterocycles. The number of hydrogen-bond donors (Lipinski definition) is 1. The van der Waals surface area contributed by atoms with Gasteiger partial charge in [0.2, 0.25) is 11.8 Å². The fourth-order valence-electron chi connectivity index (χ4n) is 3.82. The van der Waals surface area contributed by atoms with Crippen LogP contribution in [0.4, 0.5) is 5.69 Å². The van der Waals surface area contributed by atoms with Crippen LogP contribution in [0.25, 0.3) is 0 Å². The van der Waals surface area contributed by atoms with E-state index in [0.29, 0.717) is 25.7 Å². The molecule has 5 nitrogen and oxygen atoms in total. The Morgan fingerprint density at radius 2 is 1.76 bits per heavy atom. The highest BCUT2D eigenvalue weighted by atomic mass is 16.2. The van der Waals surface area contributed by atoms with Crippen molar-refractivity contribution in [3.8, 4) is 0 Å². The molecule has 0 aromatic heterocycles. The van der Waals surface area contributed by atoms with Crippen molar-refractivity contribution in [1.29, 1.82) is 0 Å². The molecule has 2 aliphatic heterocycles. The lowest BCUT2D eigenvalue weighted by Crippen LogP contribution is -2.48. The first kappa shape index (κ1) is 17.9. The van der Waals surface area contributed by atoms with E-state index in [1.807, 2.05) is 35.2 Å². The first-order chi connectivity index (χ1) is 12.1. The number of para-hydroxylation sites is 1. The number of amides is 2. The fourth-order valence-corrected chi connectivity index (χ4v) is 3.82. The number of nitrogens with zero attached hydrogens (tertiary/aromatic N) is 2. The number of benzene rings is 1. The van der Waals surface area contributed by atoms with Gasteiger partial charge in [0, 0.05) is 30.7 Å². The predicted octanol–water partition coefficient (Wildman–Crippen LogP) is 2.74. The molecule has 25 heavy (non-hydrogen) atoms. The maximum Gasteiger partial charge on any atom is 0.236 e. The minimum atomic E-state index is -0.00170. The largest absolute Gasteiger partial charge is 0.342 e. The monoisotopic (exact) mass is 343 g/mol. The lowest BCUT2D eigenvalue weighted by Gasteiger charge is -2.36. The van der Waals surface area contributed by atoms with E-state index in [1.54, 1.807) is 0 Å². The number of likely N-dealkylation sites (tertiary alicyclic amines) is 2. The minimum Gasteiger partial charge on any atom is -0.342 e. The van der Waals surface area contributed by atoms with Crippen LogP contribution in [0.2, 0.25) is 0 Å². The van der Waals surface area contributed by atoms with Gasteiger partial charge < -0.3 is 10.2 Å². The number of carbonyl (C=O) groups excluding carboxylic acids is 2. The summed E-state index contributed by atoms with van der Waals surface area (Å²) >= 11 is 0. The lowest BCUT2D eigenvalue weighted by atomic mass is 9.95. The molecule has 1 aromatic rings. The van der Waals surface area contributed by atoms with Crippen molar-refractivity contribution in [3.05, 3.63) is 30.3 Å². The highest BCUT2D eigenvalue weighted by molar-refractivity contribution is 5.92. The summed E-state index contributed by atoms with van der Waals surface area (Å²) in [7, 11) is 0. The number of piperidine rings is 2. The lowest BCUT2D eigenvalue weighted by molar-refractivity contribution is -0.136. The van der Waals surface area contributed by atoms with E-state index >= 15 is 0 Å². The maximum atomic E-state index is 12.6. The van der Waals surface area contributed by atoms with Crippen molar-refractivity contribution in [2.45, 2.75) is 45.1 Å². The van der Waals surface area contributed by atoms with Crippen LogP contribution in [-0.4, -0.2) is 53.8 Å². The smallest absolute Gasteiger partial charge is 0.236 e. The number of hydrogen-bond acceptors (Lipinski definition) is 3. The van der Waals surface area contributed by atoms with E-state index in [9.17, 15) is 9.59 Å². The van der Waals surface area contributed by atoms with Crippen molar-refractivity contribution in [1.82, 2.24) is 9.80 Å². The van der Waals surface area contributed by atoms with Crippen LogP contribution in [0.15, 0.2) is 30.3 Å². The van der Waals surface area contributed by atoms with E-state index in [-0.39, 0.29) is 17.7 Å². The summed E-state index contributed by atoms with van der Waals surface area (Å²) in [5.74, 6) is 0.289. The Morgan fingerprint density at radius 3 is 2.44 bits per heavy atom. The normalized spacial score (nSPS) is 22.6. The molecule has 1 N–H and O–H groups in total. The average molecular weight is 343 g/mol. The average Bonchev–Trinajstić information content (AvgIpc) is 2.64. The Labute approximate surface area is 150 Å². The zero-order valence-corrected chi connectivity index (χ0v) is 15.1. The van der Waals surface area contributed by atoms with Gasteiger partial charge in [0.05, 0.1) is 6.54 Å². The summed E-state index contributed by atoms with van der Waals surface area (Å²) in [6, 6.07) is 10.1. The van der Waals surface area contributed by atoms with Crippen LogP contribution < -0.4 is 5.32 Å². The first-order valence-corrected chi connectivity index (χ1v) is 9.51. The number of carbonyl (C=O) groups is 2. The van der Waals surface area contributed by atoms with E-state index in [0.717, 1.165) is 25.1 Å². The number of anilines is 1. The summed E-state index contributed by atoms with van der Waals surface area (Å²) in [6.07, 6.45) is 5.15. The van der Waals surface area contributed by atoms with Gasteiger partial charge in [-0.1, -0.05) is 24.6 Å². The molecule has 1 atom stereocenters. The summed E-state index contributed by atoms with van der Waals surface area (Å²) in [4.78, 5) is 29.2. The molecule has 136 valence electrons. The van der Waals surface area contributed by atoms with Crippen LogP contribution in [0.5, 0.6) is 0 Å². The van der Waals surface area contributed by atoms with E-state index < -0.39 is 0 Å². The Hall–Kier alpha value is -1.88. The highest BCUT2D eigenvalue weighted by Gasteiger charge is 2.29. The summed E-state index contributed by atoms with van der Waals surface area (Å²) in [5.41, 5.74) is 0.838. The SMILES string of the molecule is C[C@@H]1CCCCN1CC(=O)N1CCC(C(=O)Nc2ccccc2)CC1. The Morgan fingerprint density at radius 1 is 1.04 bits per heavy atom. The number of nitrogens with one attached hydrogen (secondary N) is 1. The molecule has 0 unspecified atom stereocenters. The summed E-state index contributed by atoms with van der Waals surface area (Å²) in [5, 5.41) is 2.98. The van der Waals surface area contributed by atoms with Gasteiger partial charge in [-0.25, -0.2) is 0 Å². The Kier molecular flexibility index (Phi) is 6.08. The van der Waals surface area contributed by atoms with Crippen LogP contribution in [0.3, 0.4) is 0 Å². The molecule has 0 bridgehead atoms. The van der Waals surface area contributed by atoms with Crippen molar-refractivity contribution < 1.29 is 9.59 Å². The first-order valence-electron chi connectivity index (χ1n) is 9.51. The number of rotatable bonds is 4. The molecule has 2 fully saturated rings. The molecule has 0 saturated carbocycles. The Bertz CT molecular complexity index is 582. The molecule has 1 aromatic carbocycles. The van der Waals surface area contributed by atoms with Crippen molar-refractivity contribution in [3.63, 3.8) is 0 Å². The zero-order chi connectivity index (χ0) is 17.6. The molecule has 2 aliphatic rings. The van der Waals surface area contributed by atoms with Gasteiger partial charge >= 0.3 is 0 Å².